The molecule has 2 aliphatic carbocycles. The number of rotatable bonds is 8. The van der Waals surface area contributed by atoms with Crippen molar-refractivity contribution >= 4 is 17.8 Å². The maximum atomic E-state index is 12.6. The van der Waals surface area contributed by atoms with E-state index >= 15 is 0 Å². The number of nitrogens with zero attached hydrogens (tertiary/aromatic N) is 2. The molecule has 4 atom stereocenters. The van der Waals surface area contributed by atoms with Crippen LogP contribution in [0.15, 0.2) is 17.1 Å². The van der Waals surface area contributed by atoms with Crippen LogP contribution in [0.3, 0.4) is 0 Å². The predicted octanol–water partition coefficient (Wildman–Crippen LogP) is 1.78. The molecular weight excluding hydrogens is 328 g/mol. The smallest absolute Gasteiger partial charge is 0.233 e. The lowest BCUT2D eigenvalue weighted by Gasteiger charge is -2.19. The number of guanidine groups is 1. The van der Waals surface area contributed by atoms with Gasteiger partial charge in [0.1, 0.15) is 0 Å². The fourth-order valence-corrected chi connectivity index (χ4v) is 4.67. The predicted molar refractivity (Wildman–Crippen MR) is 102 cm³/mol. The second-order valence-corrected chi connectivity index (χ2v) is 7.74. The number of allylic oxidation sites excluding steroid dienone is 2. The first-order chi connectivity index (χ1) is 12.6. The third-order valence-corrected chi connectivity index (χ3v) is 6.35. The summed E-state index contributed by atoms with van der Waals surface area (Å²) in [4.78, 5) is 31.0. The summed E-state index contributed by atoms with van der Waals surface area (Å²) in [6, 6.07) is 0. The standard InChI is InChI=1S/C20H32N4O2/c1-4-13(5-2)12-23-20(21-3)22-9-6-10-24-18(25)16-14-7-8-15(11-14)17(16)19(24)26/h7-8,13-17H,4-6,9-12H2,1-3H3,(H2,21,22,23). The van der Waals surface area contributed by atoms with Crippen LogP contribution in [0.4, 0.5) is 0 Å². The molecule has 4 unspecified atom stereocenters. The summed E-state index contributed by atoms with van der Waals surface area (Å²) in [7, 11) is 1.76. The lowest BCUT2D eigenvalue weighted by molar-refractivity contribution is -0.140. The Kier molecular flexibility index (Phi) is 5.99. The van der Waals surface area contributed by atoms with E-state index in [2.05, 4.69) is 41.6 Å². The van der Waals surface area contributed by atoms with Crippen molar-refractivity contribution in [3.05, 3.63) is 12.2 Å². The summed E-state index contributed by atoms with van der Waals surface area (Å²) < 4.78 is 0. The van der Waals surface area contributed by atoms with Crippen molar-refractivity contribution in [1.29, 1.82) is 0 Å². The molecule has 2 amide bonds. The molecule has 0 aromatic carbocycles. The number of amides is 2. The van der Waals surface area contributed by atoms with Crippen LogP contribution in [0.2, 0.25) is 0 Å². The number of nitrogens with one attached hydrogen (secondary N) is 2. The lowest BCUT2D eigenvalue weighted by Crippen LogP contribution is -2.41. The first-order valence-electron chi connectivity index (χ1n) is 10.1. The van der Waals surface area contributed by atoms with E-state index in [1.54, 1.807) is 7.05 Å². The van der Waals surface area contributed by atoms with Crippen molar-refractivity contribution in [2.45, 2.75) is 39.5 Å². The monoisotopic (exact) mass is 360 g/mol. The Bertz CT molecular complexity index is 567. The molecular formula is C20H32N4O2. The molecule has 1 saturated carbocycles. The highest BCUT2D eigenvalue weighted by molar-refractivity contribution is 6.06. The van der Waals surface area contributed by atoms with Gasteiger partial charge in [0.15, 0.2) is 5.96 Å². The number of carbonyl (C=O) groups excluding carboxylic acids is 2. The number of hydrogen-bond donors (Lipinski definition) is 2. The molecule has 26 heavy (non-hydrogen) atoms. The molecule has 0 radical (unpaired) electrons. The van der Waals surface area contributed by atoms with Crippen LogP contribution in [0.5, 0.6) is 0 Å². The van der Waals surface area contributed by atoms with Crippen LogP contribution >= 0.6 is 0 Å². The zero-order valence-corrected chi connectivity index (χ0v) is 16.2. The van der Waals surface area contributed by atoms with E-state index in [1.807, 2.05) is 0 Å². The molecule has 0 spiro atoms. The van der Waals surface area contributed by atoms with Gasteiger partial charge in [0.2, 0.25) is 11.8 Å². The molecule has 0 aromatic rings. The van der Waals surface area contributed by atoms with Crippen LogP contribution in [0, 0.1) is 29.6 Å². The Morgan fingerprint density at radius 1 is 1.15 bits per heavy atom. The zero-order valence-electron chi connectivity index (χ0n) is 16.2. The highest BCUT2D eigenvalue weighted by atomic mass is 16.2. The fourth-order valence-electron chi connectivity index (χ4n) is 4.67. The van der Waals surface area contributed by atoms with E-state index < -0.39 is 0 Å². The van der Waals surface area contributed by atoms with Gasteiger partial charge in [0.05, 0.1) is 11.8 Å². The molecule has 144 valence electrons. The van der Waals surface area contributed by atoms with Crippen LogP contribution in [0.25, 0.3) is 0 Å². The van der Waals surface area contributed by atoms with E-state index in [4.69, 9.17) is 0 Å². The molecule has 2 bridgehead atoms. The maximum Gasteiger partial charge on any atom is 0.233 e. The van der Waals surface area contributed by atoms with Crippen molar-refractivity contribution in [2.24, 2.45) is 34.6 Å². The summed E-state index contributed by atoms with van der Waals surface area (Å²) in [5.74, 6) is 1.95. The average molecular weight is 361 g/mol. The molecule has 2 fully saturated rings. The van der Waals surface area contributed by atoms with Crippen LogP contribution in [0.1, 0.15) is 39.5 Å². The molecule has 1 aliphatic heterocycles. The van der Waals surface area contributed by atoms with Crippen LogP contribution in [-0.4, -0.2) is 49.4 Å². The summed E-state index contributed by atoms with van der Waals surface area (Å²) >= 11 is 0. The van der Waals surface area contributed by atoms with Crippen molar-refractivity contribution < 1.29 is 9.59 Å². The van der Waals surface area contributed by atoms with Crippen molar-refractivity contribution in [3.8, 4) is 0 Å². The molecule has 6 heteroatoms. The zero-order chi connectivity index (χ0) is 18.7. The molecule has 6 nitrogen and oxygen atoms in total. The molecule has 1 saturated heterocycles. The van der Waals surface area contributed by atoms with Crippen molar-refractivity contribution in [1.82, 2.24) is 15.5 Å². The fraction of sp³-hybridized carbons (Fsp3) is 0.750. The number of fused-ring (bicyclic) bond motifs is 5. The van der Waals surface area contributed by atoms with E-state index in [0.29, 0.717) is 19.0 Å². The van der Waals surface area contributed by atoms with Gasteiger partial charge in [0.25, 0.3) is 0 Å². The highest BCUT2D eigenvalue weighted by Crippen LogP contribution is 2.52. The van der Waals surface area contributed by atoms with Crippen LogP contribution in [-0.2, 0) is 9.59 Å². The normalized spacial score (nSPS) is 29.8. The molecule has 2 N–H and O–H groups in total. The minimum atomic E-state index is -0.0834. The third kappa shape index (κ3) is 3.51. The highest BCUT2D eigenvalue weighted by Gasteiger charge is 2.58. The van der Waals surface area contributed by atoms with E-state index in [0.717, 1.165) is 38.2 Å². The first kappa shape index (κ1) is 18.9. The minimum Gasteiger partial charge on any atom is -0.356 e. The first-order valence-corrected chi connectivity index (χ1v) is 10.1. The number of imide groups is 1. The second-order valence-electron chi connectivity index (χ2n) is 7.74. The maximum absolute atomic E-state index is 12.6. The Morgan fingerprint density at radius 3 is 2.31 bits per heavy atom. The topological polar surface area (TPSA) is 73.8 Å². The van der Waals surface area contributed by atoms with Gasteiger partial charge in [-0.3, -0.25) is 19.5 Å². The average Bonchev–Trinajstić information content (AvgIpc) is 3.33. The SMILES string of the molecule is CCC(CC)CNC(=NC)NCCCN1C(=O)C2C3C=CC(C3)C2C1=O. The Hall–Kier alpha value is -1.85. The number of carbonyl (C=O) groups is 2. The third-order valence-electron chi connectivity index (χ3n) is 6.35. The summed E-state index contributed by atoms with van der Waals surface area (Å²) in [5, 5.41) is 6.64. The quantitative estimate of drug-likeness (QED) is 0.228. The van der Waals surface area contributed by atoms with Crippen LogP contribution < -0.4 is 10.6 Å². The van der Waals surface area contributed by atoms with Gasteiger partial charge in [-0.2, -0.15) is 0 Å². The summed E-state index contributed by atoms with van der Waals surface area (Å²) in [6.07, 6.45) is 8.30. The Balaban J connectivity index is 1.41. The van der Waals surface area contributed by atoms with Gasteiger partial charge in [-0.05, 0) is 30.6 Å². The van der Waals surface area contributed by atoms with Crippen molar-refractivity contribution in [2.75, 3.05) is 26.7 Å². The van der Waals surface area contributed by atoms with E-state index in [1.165, 1.54) is 4.90 Å². The number of aliphatic imine (C=N–C) groups is 1. The molecule has 3 aliphatic rings. The Morgan fingerprint density at radius 2 is 1.77 bits per heavy atom. The van der Waals surface area contributed by atoms with Gasteiger partial charge >= 0.3 is 0 Å². The molecule has 0 aromatic heterocycles. The lowest BCUT2D eigenvalue weighted by atomic mass is 9.85. The van der Waals surface area contributed by atoms with Crippen molar-refractivity contribution in [3.63, 3.8) is 0 Å². The van der Waals surface area contributed by atoms with Gasteiger partial charge in [-0.15, -0.1) is 0 Å². The number of hydrogen-bond acceptors (Lipinski definition) is 3. The number of likely N-dealkylation sites (tertiary alicyclic amines) is 1. The summed E-state index contributed by atoms with van der Waals surface area (Å²) in [6.45, 7) is 6.51. The Labute approximate surface area is 156 Å². The minimum absolute atomic E-state index is 0.0492. The largest absolute Gasteiger partial charge is 0.356 e. The van der Waals surface area contributed by atoms with Gasteiger partial charge < -0.3 is 10.6 Å². The van der Waals surface area contributed by atoms with Gasteiger partial charge in [-0.25, -0.2) is 0 Å². The van der Waals surface area contributed by atoms with E-state index in [-0.39, 0.29) is 35.5 Å². The van der Waals surface area contributed by atoms with Gasteiger partial charge in [-0.1, -0.05) is 38.8 Å². The van der Waals surface area contributed by atoms with Gasteiger partial charge in [0, 0.05) is 26.7 Å². The second kappa shape index (κ2) is 8.23. The van der Waals surface area contributed by atoms with E-state index in [9.17, 15) is 9.59 Å². The summed E-state index contributed by atoms with van der Waals surface area (Å²) in [5.41, 5.74) is 0. The molecule has 1 heterocycles. The molecule has 3 rings (SSSR count).